The van der Waals surface area contributed by atoms with E-state index in [2.05, 4.69) is 13.8 Å². The standard InChI is InChI=1S/2C2H3O2.Zn/c2*1-2(3)4;/h2*1H2,(H,3,4);/q2*-1;+2. The van der Waals surface area contributed by atoms with Crippen LogP contribution in [-0.2, 0) is 29.1 Å². The maximum Gasteiger partial charge on any atom is 2.00 e. The summed E-state index contributed by atoms with van der Waals surface area (Å²) in [5, 5.41) is 14.6. The molecule has 0 aromatic heterocycles. The molecule has 0 bridgehead atoms. The Labute approximate surface area is 65.6 Å². The Bertz CT molecular complexity index is 70.6. The zero-order chi connectivity index (χ0) is 7.15. The fourth-order valence-electron chi connectivity index (χ4n) is 0. The Hall–Kier alpha value is -0.697. The summed E-state index contributed by atoms with van der Waals surface area (Å²) in [6.07, 6.45) is 0. The average molecular weight is 183 g/mol. The summed E-state index contributed by atoms with van der Waals surface area (Å²) in [6, 6.07) is 0. The van der Waals surface area contributed by atoms with Gasteiger partial charge in [-0.05, 0) is 0 Å². The summed E-state index contributed by atoms with van der Waals surface area (Å²) in [5.74, 6) is -2.17. The summed E-state index contributed by atoms with van der Waals surface area (Å²) < 4.78 is 0. The van der Waals surface area contributed by atoms with Crippen LogP contribution in [0.3, 0.4) is 0 Å². The maximum absolute atomic E-state index is 8.89. The molecule has 0 saturated heterocycles. The molecule has 0 heterocycles. The van der Waals surface area contributed by atoms with Crippen molar-refractivity contribution < 1.29 is 39.3 Å². The molecule has 0 aromatic rings. The van der Waals surface area contributed by atoms with Gasteiger partial charge in [0.1, 0.15) is 0 Å². The van der Waals surface area contributed by atoms with E-state index in [1.165, 1.54) is 0 Å². The van der Waals surface area contributed by atoms with Gasteiger partial charge in [-0.3, -0.25) is 23.4 Å². The zero-order valence-electron chi connectivity index (χ0n) is 4.83. The van der Waals surface area contributed by atoms with Gasteiger partial charge in [-0.1, -0.05) is 0 Å². The SMILES string of the molecule is [CH2-]C(=O)O.[CH2-]C(=O)O.[Zn+2]. The van der Waals surface area contributed by atoms with Gasteiger partial charge >= 0.3 is 19.5 Å². The summed E-state index contributed by atoms with van der Waals surface area (Å²) in [7, 11) is 0. The van der Waals surface area contributed by atoms with Crippen molar-refractivity contribution in [2.45, 2.75) is 0 Å². The van der Waals surface area contributed by atoms with E-state index < -0.39 is 11.9 Å². The summed E-state index contributed by atoms with van der Waals surface area (Å²) in [6.45, 7) is 5.11. The molecule has 0 fully saturated rings. The van der Waals surface area contributed by atoms with E-state index in [0.29, 0.717) is 0 Å². The van der Waals surface area contributed by atoms with Gasteiger partial charge in [0, 0.05) is 0 Å². The van der Waals surface area contributed by atoms with Crippen molar-refractivity contribution in [2.75, 3.05) is 0 Å². The molecule has 0 rings (SSSR count). The Kier molecular flexibility index (Phi) is 18.1. The minimum absolute atomic E-state index is 0. The van der Waals surface area contributed by atoms with E-state index in [1.807, 2.05) is 0 Å². The molecule has 0 spiro atoms. The van der Waals surface area contributed by atoms with Crippen LogP contribution < -0.4 is 0 Å². The van der Waals surface area contributed by atoms with Crippen molar-refractivity contribution in [3.05, 3.63) is 13.8 Å². The molecule has 0 unspecified atom stereocenters. The third-order valence-corrected chi connectivity index (χ3v) is 0. The molecule has 0 radical (unpaired) electrons. The van der Waals surface area contributed by atoms with Crippen molar-refractivity contribution in [3.63, 3.8) is 0 Å². The number of aliphatic carboxylic acids is 2. The second-order valence-corrected chi connectivity index (χ2v) is 0.787. The predicted octanol–water partition coefficient (Wildman–Crippen LogP) is -0.192. The number of hydrogen-bond acceptors (Lipinski definition) is 2. The Morgan fingerprint density at radius 1 is 1.00 bits per heavy atom. The monoisotopic (exact) mass is 182 g/mol. The molecule has 9 heavy (non-hydrogen) atoms. The van der Waals surface area contributed by atoms with Crippen LogP contribution in [-0.4, -0.2) is 22.2 Å². The smallest absolute Gasteiger partial charge is 0.503 e. The van der Waals surface area contributed by atoms with Crippen molar-refractivity contribution in [2.24, 2.45) is 0 Å². The van der Waals surface area contributed by atoms with Crippen LogP contribution in [0.5, 0.6) is 0 Å². The third-order valence-electron chi connectivity index (χ3n) is 0. The largest absolute Gasteiger partial charge is 2.00 e. The topological polar surface area (TPSA) is 74.6 Å². The molecule has 0 aliphatic heterocycles. The van der Waals surface area contributed by atoms with Gasteiger partial charge in [0.2, 0.25) is 0 Å². The van der Waals surface area contributed by atoms with Crippen LogP contribution in [0.1, 0.15) is 0 Å². The average Bonchev–Trinajstić information content (AvgIpc) is 1.25. The van der Waals surface area contributed by atoms with Crippen LogP contribution in [0.4, 0.5) is 0 Å². The molecule has 4 nitrogen and oxygen atoms in total. The molecule has 2 N–H and O–H groups in total. The first-order chi connectivity index (χ1) is 3.46. The molecule has 0 aliphatic rings. The molecule has 0 atom stereocenters. The number of carbonyl (C=O) groups is 2. The van der Waals surface area contributed by atoms with Crippen LogP contribution in [0.25, 0.3) is 0 Å². The van der Waals surface area contributed by atoms with Crippen molar-refractivity contribution in [3.8, 4) is 0 Å². The summed E-state index contributed by atoms with van der Waals surface area (Å²) in [5.41, 5.74) is 0. The molecule has 0 aliphatic carbocycles. The van der Waals surface area contributed by atoms with E-state index in [1.54, 1.807) is 0 Å². The zero-order valence-corrected chi connectivity index (χ0v) is 7.80. The maximum atomic E-state index is 8.89. The third kappa shape index (κ3) is 423. The van der Waals surface area contributed by atoms with Gasteiger partial charge < -0.3 is 10.2 Å². The van der Waals surface area contributed by atoms with Crippen LogP contribution in [0, 0.1) is 13.8 Å². The normalized spacial score (nSPS) is 5.33. The molecule has 5 heteroatoms. The molecular formula is C4H6O4Zn. The number of carboxylic acids is 2. The fourth-order valence-corrected chi connectivity index (χ4v) is 0. The predicted molar refractivity (Wildman–Crippen MR) is 26.0 cm³/mol. The first kappa shape index (κ1) is 15.7. The molecular weight excluding hydrogens is 177 g/mol. The van der Waals surface area contributed by atoms with E-state index in [9.17, 15) is 0 Å². The minimum atomic E-state index is -1.08. The van der Waals surface area contributed by atoms with Gasteiger partial charge in [-0.25, -0.2) is 0 Å². The van der Waals surface area contributed by atoms with E-state index in [-0.39, 0.29) is 19.5 Å². The molecule has 0 saturated carbocycles. The van der Waals surface area contributed by atoms with Crippen molar-refractivity contribution in [1.82, 2.24) is 0 Å². The Morgan fingerprint density at radius 2 is 1.00 bits per heavy atom. The van der Waals surface area contributed by atoms with Gasteiger partial charge in [0.25, 0.3) is 0 Å². The molecule has 0 aromatic carbocycles. The van der Waals surface area contributed by atoms with E-state index in [0.717, 1.165) is 0 Å². The quantitative estimate of drug-likeness (QED) is 0.403. The Morgan fingerprint density at radius 3 is 1.00 bits per heavy atom. The summed E-state index contributed by atoms with van der Waals surface area (Å²) in [4.78, 5) is 17.8. The van der Waals surface area contributed by atoms with Gasteiger partial charge in [-0.2, -0.15) is 0 Å². The Balaban J connectivity index is -0.0000000720. The first-order valence-corrected chi connectivity index (χ1v) is 1.56. The van der Waals surface area contributed by atoms with Crippen molar-refractivity contribution >= 4 is 11.9 Å². The van der Waals surface area contributed by atoms with Crippen molar-refractivity contribution in [1.29, 1.82) is 0 Å². The second-order valence-electron chi connectivity index (χ2n) is 0.787. The van der Waals surface area contributed by atoms with Gasteiger partial charge in [-0.15, -0.1) is 0 Å². The fraction of sp³-hybridized carbons (Fsp3) is 0. The molecule has 0 amide bonds. The van der Waals surface area contributed by atoms with Gasteiger partial charge in [0.15, 0.2) is 11.9 Å². The van der Waals surface area contributed by atoms with E-state index in [4.69, 9.17) is 19.8 Å². The first-order valence-electron chi connectivity index (χ1n) is 1.56. The number of hydrogen-bond donors (Lipinski definition) is 2. The van der Waals surface area contributed by atoms with Crippen LogP contribution >= 0.6 is 0 Å². The number of carboxylic acid groups (broad SMARTS) is 2. The van der Waals surface area contributed by atoms with Crippen LogP contribution in [0.15, 0.2) is 0 Å². The second kappa shape index (κ2) is 10.3. The summed E-state index contributed by atoms with van der Waals surface area (Å²) >= 11 is 0. The van der Waals surface area contributed by atoms with Gasteiger partial charge in [0.05, 0.1) is 0 Å². The minimum Gasteiger partial charge on any atom is -0.503 e. The molecule has 48 valence electrons. The van der Waals surface area contributed by atoms with Crippen LogP contribution in [0.2, 0.25) is 0 Å². The van der Waals surface area contributed by atoms with E-state index >= 15 is 0 Å². The number of rotatable bonds is 0.